The Morgan fingerprint density at radius 3 is 2.62 bits per heavy atom. The minimum atomic E-state index is 0.112. The molecule has 0 unspecified atom stereocenters. The fraction of sp³-hybridized carbons (Fsp3) is 0.778. The summed E-state index contributed by atoms with van der Waals surface area (Å²) < 4.78 is 5.47. The molecule has 1 heterocycles. The third-order valence-corrected chi connectivity index (χ3v) is 2.86. The lowest BCUT2D eigenvalue weighted by atomic mass is 9.89. The zero-order chi connectivity index (χ0) is 9.31. The van der Waals surface area contributed by atoms with Crippen molar-refractivity contribution in [1.82, 2.24) is 10.2 Å². The molecular weight excluding hydrogens is 166 g/mol. The minimum Gasteiger partial charge on any atom is -0.423 e. The summed E-state index contributed by atoms with van der Waals surface area (Å²) in [6.07, 6.45) is 4.83. The maximum atomic E-state index is 5.47. The molecule has 13 heavy (non-hydrogen) atoms. The summed E-state index contributed by atoms with van der Waals surface area (Å²) >= 11 is 0. The van der Waals surface area contributed by atoms with Crippen molar-refractivity contribution in [2.75, 3.05) is 0 Å². The smallest absolute Gasteiger partial charge is 0.230 e. The maximum absolute atomic E-state index is 5.47. The first-order valence-corrected chi connectivity index (χ1v) is 4.77. The Labute approximate surface area is 77.5 Å². The second kappa shape index (κ2) is 3.10. The second-order valence-electron chi connectivity index (χ2n) is 3.97. The van der Waals surface area contributed by atoms with E-state index in [1.165, 1.54) is 12.8 Å². The zero-order valence-electron chi connectivity index (χ0n) is 7.92. The van der Waals surface area contributed by atoms with Gasteiger partial charge in [0, 0.05) is 5.41 Å². The van der Waals surface area contributed by atoms with Crippen LogP contribution in [0.15, 0.2) is 4.42 Å². The number of hydrogen-bond donors (Lipinski definition) is 1. The van der Waals surface area contributed by atoms with E-state index in [4.69, 9.17) is 10.2 Å². The maximum Gasteiger partial charge on any atom is 0.230 e. The van der Waals surface area contributed by atoms with E-state index >= 15 is 0 Å². The van der Waals surface area contributed by atoms with Crippen LogP contribution in [0.3, 0.4) is 0 Å². The topological polar surface area (TPSA) is 64.9 Å². The molecule has 0 atom stereocenters. The van der Waals surface area contributed by atoms with Gasteiger partial charge in [-0.2, -0.15) is 0 Å². The second-order valence-corrected chi connectivity index (χ2v) is 3.97. The van der Waals surface area contributed by atoms with E-state index < -0.39 is 0 Å². The number of nitrogens with two attached hydrogens (primary N) is 1. The first kappa shape index (κ1) is 8.69. The fourth-order valence-corrected chi connectivity index (χ4v) is 1.95. The SMILES string of the molecule is CC1(c2nnc(CN)o2)CCCC1. The van der Waals surface area contributed by atoms with E-state index in [9.17, 15) is 0 Å². The predicted molar refractivity (Wildman–Crippen MR) is 48.0 cm³/mol. The van der Waals surface area contributed by atoms with Crippen molar-refractivity contribution >= 4 is 0 Å². The summed E-state index contributed by atoms with van der Waals surface area (Å²) in [5.41, 5.74) is 5.52. The van der Waals surface area contributed by atoms with Gasteiger partial charge in [0.25, 0.3) is 0 Å². The highest BCUT2D eigenvalue weighted by Gasteiger charge is 2.35. The monoisotopic (exact) mass is 181 g/mol. The van der Waals surface area contributed by atoms with Crippen LogP contribution in [-0.4, -0.2) is 10.2 Å². The van der Waals surface area contributed by atoms with Crippen molar-refractivity contribution in [1.29, 1.82) is 0 Å². The third kappa shape index (κ3) is 1.46. The van der Waals surface area contributed by atoms with Crippen LogP contribution in [-0.2, 0) is 12.0 Å². The van der Waals surface area contributed by atoms with Gasteiger partial charge in [0.1, 0.15) is 0 Å². The van der Waals surface area contributed by atoms with Crippen LogP contribution < -0.4 is 5.73 Å². The Kier molecular flexibility index (Phi) is 2.07. The Balaban J connectivity index is 2.23. The molecule has 1 aliphatic rings. The van der Waals surface area contributed by atoms with Gasteiger partial charge in [-0.3, -0.25) is 0 Å². The lowest BCUT2D eigenvalue weighted by Crippen LogP contribution is -2.17. The molecule has 2 rings (SSSR count). The van der Waals surface area contributed by atoms with Crippen LogP contribution >= 0.6 is 0 Å². The zero-order valence-corrected chi connectivity index (χ0v) is 7.92. The van der Waals surface area contributed by atoms with Crippen molar-refractivity contribution in [2.24, 2.45) is 5.73 Å². The summed E-state index contributed by atoms with van der Waals surface area (Å²) in [7, 11) is 0. The fourth-order valence-electron chi connectivity index (χ4n) is 1.95. The molecule has 1 saturated carbocycles. The molecule has 0 radical (unpaired) electrons. The summed E-state index contributed by atoms with van der Waals surface area (Å²) in [6.45, 7) is 2.52. The van der Waals surface area contributed by atoms with Crippen LogP contribution in [0.1, 0.15) is 44.4 Å². The predicted octanol–water partition coefficient (Wildman–Crippen LogP) is 1.36. The molecule has 0 saturated heterocycles. The molecular formula is C9H15N3O. The average Bonchev–Trinajstić information content (AvgIpc) is 2.72. The molecule has 0 bridgehead atoms. The van der Waals surface area contributed by atoms with Gasteiger partial charge in [0.15, 0.2) is 0 Å². The van der Waals surface area contributed by atoms with Gasteiger partial charge in [-0.1, -0.05) is 19.8 Å². The first-order valence-electron chi connectivity index (χ1n) is 4.77. The van der Waals surface area contributed by atoms with Crippen LogP contribution in [0.25, 0.3) is 0 Å². The van der Waals surface area contributed by atoms with Crippen LogP contribution in [0, 0.1) is 0 Å². The molecule has 1 fully saturated rings. The Bertz CT molecular complexity index is 289. The molecule has 1 aliphatic carbocycles. The molecule has 4 heteroatoms. The van der Waals surface area contributed by atoms with Gasteiger partial charge in [-0.05, 0) is 12.8 Å². The third-order valence-electron chi connectivity index (χ3n) is 2.86. The van der Waals surface area contributed by atoms with Crippen molar-refractivity contribution in [2.45, 2.75) is 44.6 Å². The number of hydrogen-bond acceptors (Lipinski definition) is 4. The van der Waals surface area contributed by atoms with E-state index in [1.807, 2.05) is 0 Å². The van der Waals surface area contributed by atoms with Gasteiger partial charge < -0.3 is 10.2 Å². The average molecular weight is 181 g/mol. The van der Waals surface area contributed by atoms with Gasteiger partial charge in [0.05, 0.1) is 6.54 Å². The standard InChI is InChI=1S/C9H15N3O/c1-9(4-2-3-5-9)8-12-11-7(6-10)13-8/h2-6,10H2,1H3. The molecule has 4 nitrogen and oxygen atoms in total. The molecule has 0 amide bonds. The normalized spacial score (nSPS) is 20.8. The van der Waals surface area contributed by atoms with E-state index in [0.717, 1.165) is 18.7 Å². The quantitative estimate of drug-likeness (QED) is 0.748. The van der Waals surface area contributed by atoms with E-state index in [2.05, 4.69) is 17.1 Å². The highest BCUT2D eigenvalue weighted by atomic mass is 16.4. The van der Waals surface area contributed by atoms with Crippen molar-refractivity contribution in [3.63, 3.8) is 0 Å². The Hall–Kier alpha value is -0.900. The summed E-state index contributed by atoms with van der Waals surface area (Å²) in [6, 6.07) is 0. The van der Waals surface area contributed by atoms with Crippen molar-refractivity contribution in [3.8, 4) is 0 Å². The number of nitrogens with zero attached hydrogens (tertiary/aromatic N) is 2. The van der Waals surface area contributed by atoms with E-state index in [-0.39, 0.29) is 5.41 Å². The van der Waals surface area contributed by atoms with Crippen LogP contribution in [0.5, 0.6) is 0 Å². The lowest BCUT2D eigenvalue weighted by molar-refractivity contribution is 0.337. The summed E-state index contributed by atoms with van der Waals surface area (Å²) in [4.78, 5) is 0. The van der Waals surface area contributed by atoms with Gasteiger partial charge in [0.2, 0.25) is 11.8 Å². The molecule has 1 aromatic heterocycles. The summed E-state index contributed by atoms with van der Waals surface area (Å²) in [5, 5.41) is 7.93. The highest BCUT2D eigenvalue weighted by Crippen LogP contribution is 2.39. The molecule has 72 valence electrons. The van der Waals surface area contributed by atoms with Crippen LogP contribution in [0.4, 0.5) is 0 Å². The Morgan fingerprint density at radius 2 is 2.08 bits per heavy atom. The van der Waals surface area contributed by atoms with Gasteiger partial charge in [-0.25, -0.2) is 0 Å². The number of aromatic nitrogens is 2. The van der Waals surface area contributed by atoms with E-state index in [1.54, 1.807) is 0 Å². The Morgan fingerprint density at radius 1 is 1.38 bits per heavy atom. The lowest BCUT2D eigenvalue weighted by Gasteiger charge is -2.17. The van der Waals surface area contributed by atoms with Crippen molar-refractivity contribution < 1.29 is 4.42 Å². The minimum absolute atomic E-state index is 0.112. The van der Waals surface area contributed by atoms with E-state index in [0.29, 0.717) is 12.4 Å². The van der Waals surface area contributed by atoms with Crippen molar-refractivity contribution in [3.05, 3.63) is 11.8 Å². The highest BCUT2D eigenvalue weighted by molar-refractivity contribution is 5.04. The molecule has 0 aromatic carbocycles. The number of rotatable bonds is 2. The first-order chi connectivity index (χ1) is 6.24. The van der Waals surface area contributed by atoms with Gasteiger partial charge >= 0.3 is 0 Å². The molecule has 0 aliphatic heterocycles. The molecule has 2 N–H and O–H groups in total. The molecule has 1 aromatic rings. The largest absolute Gasteiger partial charge is 0.423 e. The molecule has 0 spiro atoms. The van der Waals surface area contributed by atoms with Crippen LogP contribution in [0.2, 0.25) is 0 Å². The van der Waals surface area contributed by atoms with Gasteiger partial charge in [-0.15, -0.1) is 10.2 Å². The summed E-state index contributed by atoms with van der Waals surface area (Å²) in [5.74, 6) is 1.31.